The first kappa shape index (κ1) is 30.5. The molecule has 3 fully saturated rings. The molecule has 0 spiro atoms. The number of ether oxygens (including phenoxy) is 1. The van der Waals surface area contributed by atoms with E-state index in [2.05, 4.69) is 21.5 Å². The largest absolute Gasteiger partial charge is 0.462 e. The van der Waals surface area contributed by atoms with Crippen LogP contribution in [0, 0.1) is 11.6 Å². The predicted molar refractivity (Wildman–Crippen MR) is 160 cm³/mol. The van der Waals surface area contributed by atoms with E-state index >= 15 is 4.39 Å². The Morgan fingerprint density at radius 3 is 2.65 bits per heavy atom. The molecule has 3 aliphatic rings. The summed E-state index contributed by atoms with van der Waals surface area (Å²) < 4.78 is 95.3. The number of carbonyl (C=O) groups is 1. The van der Waals surface area contributed by atoms with Crippen molar-refractivity contribution in [2.75, 3.05) is 43.9 Å². The number of nitrogens with zero attached hydrogens (tertiary/aromatic N) is 6. The van der Waals surface area contributed by atoms with Gasteiger partial charge in [-0.1, -0.05) is 17.9 Å². The van der Waals surface area contributed by atoms with Gasteiger partial charge in [-0.3, -0.25) is 9.69 Å². The Bertz CT molecular complexity index is 1900. The van der Waals surface area contributed by atoms with Gasteiger partial charge in [-0.05, 0) is 44.2 Å². The van der Waals surface area contributed by atoms with Crippen LogP contribution < -0.4 is 15.4 Å². The summed E-state index contributed by atoms with van der Waals surface area (Å²) in [5.41, 5.74) is 2.59. The number of amides is 1. The molecule has 4 atom stereocenters. The molecule has 3 aliphatic heterocycles. The van der Waals surface area contributed by atoms with Gasteiger partial charge in [-0.15, -0.1) is 0 Å². The summed E-state index contributed by atoms with van der Waals surface area (Å²) >= 11 is 0.732. The molecule has 0 aliphatic carbocycles. The van der Waals surface area contributed by atoms with Crippen molar-refractivity contribution in [2.45, 2.75) is 43.3 Å². The second-order valence-corrected chi connectivity index (χ2v) is 12.7. The average Bonchev–Trinajstić information content (AvgIpc) is 3.65. The van der Waals surface area contributed by atoms with Crippen LogP contribution >= 0.6 is 11.3 Å². The van der Waals surface area contributed by atoms with Crippen molar-refractivity contribution in [3.05, 3.63) is 48.1 Å². The van der Waals surface area contributed by atoms with Crippen molar-refractivity contribution in [3.63, 3.8) is 0 Å². The van der Waals surface area contributed by atoms with Crippen molar-refractivity contribution in [2.24, 2.45) is 0 Å². The maximum Gasteiger partial charge on any atom is 0.417 e. The summed E-state index contributed by atoms with van der Waals surface area (Å²) in [5, 5.41) is -0.317. The Labute approximate surface area is 262 Å². The van der Waals surface area contributed by atoms with Crippen molar-refractivity contribution >= 4 is 49.3 Å². The molecule has 2 aromatic heterocycles. The lowest BCUT2D eigenvalue weighted by Gasteiger charge is -2.47. The fourth-order valence-electron chi connectivity index (χ4n) is 6.79. The highest BCUT2D eigenvalue weighted by Gasteiger charge is 2.50. The van der Waals surface area contributed by atoms with E-state index in [1.807, 2.05) is 0 Å². The highest BCUT2D eigenvalue weighted by atomic mass is 32.1. The van der Waals surface area contributed by atoms with Crippen LogP contribution in [0.2, 0.25) is 0 Å². The van der Waals surface area contributed by atoms with Crippen molar-refractivity contribution < 1.29 is 35.9 Å². The Morgan fingerprint density at radius 2 is 1.96 bits per heavy atom. The molecule has 3 saturated heterocycles. The highest BCUT2D eigenvalue weighted by molar-refractivity contribution is 7.22. The molecule has 242 valence electrons. The van der Waals surface area contributed by atoms with Crippen LogP contribution in [0.25, 0.3) is 32.2 Å². The van der Waals surface area contributed by atoms with Gasteiger partial charge in [0.05, 0.1) is 27.9 Å². The van der Waals surface area contributed by atoms with Gasteiger partial charge in [0, 0.05) is 42.2 Å². The fourth-order valence-corrected chi connectivity index (χ4v) is 7.55. The minimum absolute atomic E-state index is 0.00963. The summed E-state index contributed by atoms with van der Waals surface area (Å²) in [7, 11) is 1.73. The maximum absolute atomic E-state index is 16.7. The zero-order valence-electron chi connectivity index (χ0n) is 24.3. The molecule has 5 heterocycles. The number of rotatable bonds is 6. The fraction of sp³-hybridized carbons (Fsp3) is 0.400. The van der Waals surface area contributed by atoms with E-state index in [1.54, 1.807) is 21.7 Å². The van der Waals surface area contributed by atoms with Crippen LogP contribution in [0.4, 0.5) is 37.3 Å². The van der Waals surface area contributed by atoms with Crippen LogP contribution in [0.1, 0.15) is 18.4 Å². The van der Waals surface area contributed by atoms with E-state index in [0.717, 1.165) is 29.5 Å². The number of likely N-dealkylation sites (tertiary alicyclic amines) is 2. The SMILES string of the molecule is C=CC(=O)N1CCC2C1CN2c1nc(OCC2CC(F)CN2C)nc2c(F)c(-c3ccc(F)c4sc(N)nc34)c(C(F)(F)F)cc12. The number of anilines is 2. The molecule has 46 heavy (non-hydrogen) atoms. The lowest BCUT2D eigenvalue weighted by Crippen LogP contribution is -2.63. The Morgan fingerprint density at radius 1 is 1.17 bits per heavy atom. The summed E-state index contributed by atoms with van der Waals surface area (Å²) in [6.07, 6.45) is -4.20. The first-order chi connectivity index (χ1) is 21.8. The number of benzene rings is 2. The molecule has 4 aromatic rings. The molecule has 7 rings (SSSR count). The van der Waals surface area contributed by atoms with E-state index < -0.39 is 40.6 Å². The summed E-state index contributed by atoms with van der Waals surface area (Å²) in [6.45, 7) is 4.34. The predicted octanol–water partition coefficient (Wildman–Crippen LogP) is 5.18. The number of carbonyl (C=O) groups excluding carboxylic acids is 1. The number of likely N-dealkylation sites (N-methyl/N-ethyl adjacent to an activating group) is 1. The second kappa shape index (κ2) is 11.0. The van der Waals surface area contributed by atoms with Crippen LogP contribution in [-0.2, 0) is 11.0 Å². The molecule has 2 aromatic carbocycles. The third-order valence-electron chi connectivity index (χ3n) is 9.04. The normalized spacial score (nSPS) is 23.3. The van der Waals surface area contributed by atoms with E-state index in [-0.39, 0.29) is 88.3 Å². The number of alkyl halides is 4. The summed E-state index contributed by atoms with van der Waals surface area (Å²) in [6, 6.07) is 1.60. The summed E-state index contributed by atoms with van der Waals surface area (Å²) in [4.78, 5) is 30.2. The average molecular weight is 664 g/mol. The van der Waals surface area contributed by atoms with Gasteiger partial charge in [0.1, 0.15) is 29.9 Å². The Balaban J connectivity index is 1.40. The molecule has 2 N–H and O–H groups in total. The quantitative estimate of drug-likeness (QED) is 0.223. The molecular weight excluding hydrogens is 636 g/mol. The third-order valence-corrected chi connectivity index (χ3v) is 9.94. The number of halogens is 6. The van der Waals surface area contributed by atoms with Crippen LogP contribution in [0.3, 0.4) is 0 Å². The first-order valence-corrected chi connectivity index (χ1v) is 15.3. The monoisotopic (exact) mass is 663 g/mol. The van der Waals surface area contributed by atoms with Crippen LogP contribution in [0.5, 0.6) is 6.01 Å². The number of nitrogen functional groups attached to an aromatic ring is 1. The maximum atomic E-state index is 16.7. The number of nitrogens with two attached hydrogens (primary N) is 1. The van der Waals surface area contributed by atoms with E-state index in [1.165, 1.54) is 6.08 Å². The molecular formula is C30H27F6N7O2S. The third kappa shape index (κ3) is 4.89. The van der Waals surface area contributed by atoms with Crippen molar-refractivity contribution in [1.82, 2.24) is 24.8 Å². The lowest BCUT2D eigenvalue weighted by molar-refractivity contribution is -0.137. The topological polar surface area (TPSA) is 101 Å². The van der Waals surface area contributed by atoms with Gasteiger partial charge < -0.3 is 20.3 Å². The lowest BCUT2D eigenvalue weighted by atomic mass is 9.93. The van der Waals surface area contributed by atoms with Crippen LogP contribution in [-0.4, -0.2) is 88.2 Å². The zero-order chi connectivity index (χ0) is 32.7. The van der Waals surface area contributed by atoms with E-state index in [9.17, 15) is 26.7 Å². The minimum Gasteiger partial charge on any atom is -0.462 e. The number of fused-ring (bicyclic) bond motifs is 3. The molecule has 0 radical (unpaired) electrons. The van der Waals surface area contributed by atoms with E-state index in [4.69, 9.17) is 10.5 Å². The molecule has 0 saturated carbocycles. The molecule has 16 heteroatoms. The van der Waals surface area contributed by atoms with Gasteiger partial charge in [0.25, 0.3) is 0 Å². The number of thiazole rings is 1. The Kier molecular flexibility index (Phi) is 7.27. The minimum atomic E-state index is -5.05. The van der Waals surface area contributed by atoms with Crippen molar-refractivity contribution in [1.29, 1.82) is 0 Å². The molecule has 0 bridgehead atoms. The Hall–Kier alpha value is -4.18. The second-order valence-electron chi connectivity index (χ2n) is 11.7. The smallest absolute Gasteiger partial charge is 0.417 e. The van der Waals surface area contributed by atoms with Gasteiger partial charge in [0.15, 0.2) is 10.9 Å². The number of aromatic nitrogens is 3. The van der Waals surface area contributed by atoms with E-state index in [0.29, 0.717) is 13.0 Å². The molecule has 9 nitrogen and oxygen atoms in total. The highest BCUT2D eigenvalue weighted by Crippen LogP contribution is 2.47. The van der Waals surface area contributed by atoms with Gasteiger partial charge in [-0.2, -0.15) is 23.1 Å². The van der Waals surface area contributed by atoms with Gasteiger partial charge in [0.2, 0.25) is 5.91 Å². The van der Waals surface area contributed by atoms with Gasteiger partial charge >= 0.3 is 12.2 Å². The van der Waals surface area contributed by atoms with Crippen molar-refractivity contribution in [3.8, 4) is 17.1 Å². The number of hydrogen-bond donors (Lipinski definition) is 1. The first-order valence-electron chi connectivity index (χ1n) is 14.5. The standard InChI is InChI=1S/C30H27F6N7O2S/c1-3-21(44)42-7-6-19-20(42)11-43(19)27-16-9-17(30(34,35)36)22(15-4-5-18(32)26-25(15)38-28(37)46-26)23(33)24(16)39-29(40-27)45-12-14-8-13(31)10-41(14)2/h3-5,9,13-14,19-20H,1,6-8,10-12H2,2H3,(H2,37,38). The van der Waals surface area contributed by atoms with Gasteiger partial charge in [-0.25, -0.2) is 18.2 Å². The summed E-state index contributed by atoms with van der Waals surface area (Å²) in [5.74, 6) is -2.34. The zero-order valence-corrected chi connectivity index (χ0v) is 25.1. The molecule has 4 unspecified atom stereocenters. The number of hydrogen-bond acceptors (Lipinski definition) is 9. The van der Waals surface area contributed by atoms with Crippen LogP contribution in [0.15, 0.2) is 30.9 Å². The molecule has 1 amide bonds.